The highest BCUT2D eigenvalue weighted by Crippen LogP contribution is 2.12. The lowest BCUT2D eigenvalue weighted by atomic mass is 10.1. The van der Waals surface area contributed by atoms with Crippen LogP contribution in [0.5, 0.6) is 0 Å². The van der Waals surface area contributed by atoms with Gasteiger partial charge < -0.3 is 14.2 Å². The molecule has 0 saturated carbocycles. The maximum Gasteiger partial charge on any atom is 0.306 e. The average molecular weight is 805 g/mol. The van der Waals surface area contributed by atoms with Gasteiger partial charge in [-0.15, -0.1) is 0 Å². The van der Waals surface area contributed by atoms with Crippen molar-refractivity contribution >= 4 is 17.9 Å². The van der Waals surface area contributed by atoms with Crippen LogP contribution in [0.25, 0.3) is 0 Å². The van der Waals surface area contributed by atoms with Crippen LogP contribution in [-0.2, 0) is 28.6 Å². The molecule has 0 saturated heterocycles. The van der Waals surface area contributed by atoms with E-state index in [1.54, 1.807) is 0 Å². The topological polar surface area (TPSA) is 78.9 Å². The average Bonchev–Trinajstić information content (AvgIpc) is 3.22. The van der Waals surface area contributed by atoms with Crippen LogP contribution in [0.3, 0.4) is 0 Å². The molecule has 328 valence electrons. The van der Waals surface area contributed by atoms with Gasteiger partial charge in [0.15, 0.2) is 6.10 Å². The molecule has 0 rings (SSSR count). The molecule has 1 unspecified atom stereocenters. The van der Waals surface area contributed by atoms with E-state index in [4.69, 9.17) is 14.2 Å². The number of hydrogen-bond donors (Lipinski definition) is 0. The van der Waals surface area contributed by atoms with E-state index in [1.165, 1.54) is 44.9 Å². The lowest BCUT2D eigenvalue weighted by Gasteiger charge is -2.18. The molecule has 0 spiro atoms. The fraction of sp³-hybridized carbons (Fsp3) is 0.635. The molecule has 6 nitrogen and oxygen atoms in total. The summed E-state index contributed by atoms with van der Waals surface area (Å²) in [5, 5.41) is 0. The van der Waals surface area contributed by atoms with Crippen molar-refractivity contribution in [3.05, 3.63) is 97.2 Å². The minimum atomic E-state index is -0.811. The third-order valence-corrected chi connectivity index (χ3v) is 9.46. The molecule has 6 heteroatoms. The lowest BCUT2D eigenvalue weighted by molar-refractivity contribution is -0.167. The van der Waals surface area contributed by atoms with Crippen LogP contribution in [0.2, 0.25) is 0 Å². The molecule has 0 aliphatic rings. The zero-order valence-corrected chi connectivity index (χ0v) is 37.3. The van der Waals surface area contributed by atoms with E-state index in [9.17, 15) is 14.4 Å². The first kappa shape index (κ1) is 54.3. The number of esters is 3. The normalized spacial score (nSPS) is 12.9. The first-order valence-corrected chi connectivity index (χ1v) is 23.3. The van der Waals surface area contributed by atoms with E-state index >= 15 is 0 Å². The fourth-order valence-corrected chi connectivity index (χ4v) is 5.97. The highest BCUT2D eigenvalue weighted by Gasteiger charge is 2.19. The Kier molecular flexibility index (Phi) is 43.1. The summed E-state index contributed by atoms with van der Waals surface area (Å²) < 4.78 is 16.7. The van der Waals surface area contributed by atoms with Crippen LogP contribution in [-0.4, -0.2) is 37.2 Å². The largest absolute Gasteiger partial charge is 0.462 e. The molecule has 0 bridgehead atoms. The minimum Gasteiger partial charge on any atom is -0.462 e. The second-order valence-electron chi connectivity index (χ2n) is 15.0. The zero-order valence-electron chi connectivity index (χ0n) is 37.3. The Morgan fingerprint density at radius 1 is 0.362 bits per heavy atom. The molecular formula is C52H84O6. The van der Waals surface area contributed by atoms with Gasteiger partial charge in [0.1, 0.15) is 13.2 Å². The number of carbonyl (C=O) groups excluding carboxylic acids is 3. The number of hydrogen-bond acceptors (Lipinski definition) is 6. The van der Waals surface area contributed by atoms with Crippen LogP contribution in [0.4, 0.5) is 0 Å². The van der Waals surface area contributed by atoms with Crippen molar-refractivity contribution in [3.63, 3.8) is 0 Å². The Bertz CT molecular complexity index is 1200. The molecule has 0 aromatic carbocycles. The van der Waals surface area contributed by atoms with Crippen molar-refractivity contribution in [1.29, 1.82) is 0 Å². The van der Waals surface area contributed by atoms with Gasteiger partial charge >= 0.3 is 17.9 Å². The van der Waals surface area contributed by atoms with Gasteiger partial charge in [-0.2, -0.15) is 0 Å². The second-order valence-corrected chi connectivity index (χ2v) is 15.0. The number of unbranched alkanes of at least 4 members (excludes halogenated alkanes) is 18. The van der Waals surface area contributed by atoms with Crippen LogP contribution < -0.4 is 0 Å². The summed E-state index contributed by atoms with van der Waals surface area (Å²) in [6.07, 6.45) is 59.6. The lowest BCUT2D eigenvalue weighted by Crippen LogP contribution is -2.30. The molecule has 0 aliphatic carbocycles. The van der Waals surface area contributed by atoms with Crippen molar-refractivity contribution in [2.75, 3.05) is 13.2 Å². The Hall–Kier alpha value is -3.67. The molecule has 0 heterocycles. The molecule has 0 amide bonds. The summed E-state index contributed by atoms with van der Waals surface area (Å²) >= 11 is 0. The highest BCUT2D eigenvalue weighted by molar-refractivity contribution is 5.71. The summed E-state index contributed by atoms with van der Waals surface area (Å²) in [4.78, 5) is 37.8. The highest BCUT2D eigenvalue weighted by atomic mass is 16.6. The predicted octanol–water partition coefficient (Wildman–Crippen LogP) is 15.0. The van der Waals surface area contributed by atoms with Gasteiger partial charge in [-0.1, -0.05) is 189 Å². The van der Waals surface area contributed by atoms with E-state index in [1.807, 2.05) is 42.5 Å². The van der Waals surface area contributed by atoms with Crippen molar-refractivity contribution in [1.82, 2.24) is 0 Å². The molecule has 0 aliphatic heterocycles. The number of carbonyl (C=O) groups is 3. The maximum atomic E-state index is 12.7. The quantitative estimate of drug-likeness (QED) is 0.0202. The van der Waals surface area contributed by atoms with Crippen molar-refractivity contribution in [2.45, 2.75) is 200 Å². The number of allylic oxidation sites excluding steroid dienone is 16. The fourth-order valence-electron chi connectivity index (χ4n) is 5.97. The molecule has 1 atom stereocenters. The van der Waals surface area contributed by atoms with E-state index in [-0.39, 0.29) is 37.5 Å². The van der Waals surface area contributed by atoms with Crippen molar-refractivity contribution < 1.29 is 28.6 Å². The van der Waals surface area contributed by atoms with Gasteiger partial charge in [0, 0.05) is 19.3 Å². The summed E-state index contributed by atoms with van der Waals surface area (Å²) in [6.45, 7) is 6.27. The molecule has 0 N–H and O–H groups in total. The summed E-state index contributed by atoms with van der Waals surface area (Å²) in [6, 6.07) is 0. The molecule has 0 aromatic rings. The third-order valence-electron chi connectivity index (χ3n) is 9.46. The zero-order chi connectivity index (χ0) is 42.3. The number of ether oxygens (including phenoxy) is 3. The summed E-state index contributed by atoms with van der Waals surface area (Å²) in [5.74, 6) is -0.994. The SMILES string of the molecule is CC/C=C/C=C/C=C/C=C/CCCCCC(=O)OC(COC(=O)CCCCC/C=C/CCCCCCCCC)COC(=O)CCCCCCC/C=C/C=C/C=C/CC. The Labute approximate surface area is 356 Å². The summed E-state index contributed by atoms with van der Waals surface area (Å²) in [5.41, 5.74) is 0. The minimum absolute atomic E-state index is 0.110. The first-order chi connectivity index (χ1) is 28.5. The van der Waals surface area contributed by atoms with Crippen LogP contribution >= 0.6 is 0 Å². The molecule has 0 radical (unpaired) electrons. The van der Waals surface area contributed by atoms with Gasteiger partial charge in [-0.3, -0.25) is 14.4 Å². The van der Waals surface area contributed by atoms with Gasteiger partial charge in [-0.25, -0.2) is 0 Å². The van der Waals surface area contributed by atoms with Crippen molar-refractivity contribution in [3.8, 4) is 0 Å². The third kappa shape index (κ3) is 43.5. The smallest absolute Gasteiger partial charge is 0.306 e. The Balaban J connectivity index is 4.52. The van der Waals surface area contributed by atoms with Gasteiger partial charge in [-0.05, 0) is 83.5 Å². The Morgan fingerprint density at radius 2 is 0.690 bits per heavy atom. The Morgan fingerprint density at radius 3 is 1.12 bits per heavy atom. The van der Waals surface area contributed by atoms with Gasteiger partial charge in [0.05, 0.1) is 0 Å². The van der Waals surface area contributed by atoms with Crippen LogP contribution in [0, 0.1) is 0 Å². The van der Waals surface area contributed by atoms with Crippen LogP contribution in [0.1, 0.15) is 194 Å². The predicted molar refractivity (Wildman–Crippen MR) is 247 cm³/mol. The molecule has 0 aromatic heterocycles. The first-order valence-electron chi connectivity index (χ1n) is 23.3. The van der Waals surface area contributed by atoms with E-state index < -0.39 is 6.10 Å². The van der Waals surface area contributed by atoms with E-state index in [2.05, 4.69) is 75.5 Å². The second kappa shape index (κ2) is 46.0. The van der Waals surface area contributed by atoms with E-state index in [0.717, 1.165) is 103 Å². The number of rotatable bonds is 40. The maximum absolute atomic E-state index is 12.7. The van der Waals surface area contributed by atoms with E-state index in [0.29, 0.717) is 19.3 Å². The van der Waals surface area contributed by atoms with Crippen LogP contribution in [0.15, 0.2) is 97.2 Å². The van der Waals surface area contributed by atoms with Gasteiger partial charge in [0.2, 0.25) is 0 Å². The molecule has 0 fully saturated rings. The monoisotopic (exact) mass is 805 g/mol. The molecule has 58 heavy (non-hydrogen) atoms. The van der Waals surface area contributed by atoms with Crippen molar-refractivity contribution in [2.24, 2.45) is 0 Å². The summed E-state index contributed by atoms with van der Waals surface area (Å²) in [7, 11) is 0. The van der Waals surface area contributed by atoms with Gasteiger partial charge in [0.25, 0.3) is 0 Å². The molecular weight excluding hydrogens is 721 g/mol. The standard InChI is InChI=1S/C52H84O6/c1-4-7-10-13-16-19-22-25-28-30-33-36-39-42-45-51(54)57-48-49(58-52(55)46-43-40-37-34-31-27-24-21-18-15-12-9-6-3)47-56-50(53)44-41-38-35-32-29-26-23-20-17-14-11-8-5-2/h8-9,11-12,14-15,17-18,20-21,23-24,27-28,30-31,49H,4-7,10,13,16,19,22,25-26,29,32-48H2,1-3H3/b11-8+,12-9+,17-14+,18-15+,23-20+,24-21+,30-28+,31-27+.